The highest BCUT2D eigenvalue weighted by atomic mass is 79.9. The van der Waals surface area contributed by atoms with Crippen LogP contribution in [-0.2, 0) is 24.9 Å². The molecular weight excluding hydrogens is 388 g/mol. The van der Waals surface area contributed by atoms with Crippen LogP contribution in [0, 0.1) is 0 Å². The molecule has 1 fully saturated rings. The summed E-state index contributed by atoms with van der Waals surface area (Å²) in [6.45, 7) is 9.59. The van der Waals surface area contributed by atoms with Crippen LogP contribution in [0.25, 0.3) is 0 Å². The number of anilines is 1. The molecule has 0 aromatic carbocycles. The van der Waals surface area contributed by atoms with Gasteiger partial charge in [0.05, 0.1) is 22.7 Å². The molecule has 1 N–H and O–H groups in total. The van der Waals surface area contributed by atoms with Crippen molar-refractivity contribution in [3.8, 4) is 0 Å². The van der Waals surface area contributed by atoms with Crippen LogP contribution < -0.4 is 10.2 Å². The summed E-state index contributed by atoms with van der Waals surface area (Å²) in [5, 5.41) is 8.40. The average molecular weight is 413 g/mol. The Labute approximate surface area is 156 Å². The number of hydrogen-bond donors (Lipinski definition) is 1. The molecule has 3 rings (SSSR count). The molecule has 5 nitrogen and oxygen atoms in total. The van der Waals surface area contributed by atoms with Gasteiger partial charge in [-0.1, -0.05) is 13.8 Å². The molecule has 3 heterocycles. The minimum Gasteiger partial charge on any atom is -0.378 e. The summed E-state index contributed by atoms with van der Waals surface area (Å²) in [5.41, 5.74) is 2.52. The summed E-state index contributed by atoms with van der Waals surface area (Å²) in [6, 6.07) is 4.27. The minimum atomic E-state index is 0.415. The van der Waals surface area contributed by atoms with Gasteiger partial charge in [0.1, 0.15) is 5.82 Å². The van der Waals surface area contributed by atoms with E-state index in [0.29, 0.717) is 5.92 Å². The third-order valence-corrected chi connectivity index (χ3v) is 5.85. The summed E-state index contributed by atoms with van der Waals surface area (Å²) < 4.78 is 8.73. The van der Waals surface area contributed by atoms with Crippen molar-refractivity contribution in [2.75, 3.05) is 31.2 Å². The molecule has 0 atom stereocenters. The molecule has 24 heavy (non-hydrogen) atoms. The molecule has 132 valence electrons. The first-order valence-corrected chi connectivity index (χ1v) is 10.0. The largest absolute Gasteiger partial charge is 0.378 e. The molecule has 0 unspecified atom stereocenters. The highest BCUT2D eigenvalue weighted by Crippen LogP contribution is 2.29. The molecule has 1 saturated heterocycles. The first-order chi connectivity index (χ1) is 11.6. The Balaban J connectivity index is 1.78. The lowest BCUT2D eigenvalue weighted by Crippen LogP contribution is -2.38. The van der Waals surface area contributed by atoms with Gasteiger partial charge < -0.3 is 15.0 Å². The molecule has 0 aliphatic carbocycles. The quantitative estimate of drug-likeness (QED) is 0.788. The van der Waals surface area contributed by atoms with Gasteiger partial charge in [-0.2, -0.15) is 5.10 Å². The van der Waals surface area contributed by atoms with E-state index in [0.717, 1.165) is 39.4 Å². The van der Waals surface area contributed by atoms with Crippen molar-refractivity contribution >= 4 is 33.1 Å². The maximum atomic E-state index is 5.51. The van der Waals surface area contributed by atoms with Gasteiger partial charge in [-0.15, -0.1) is 11.3 Å². The summed E-state index contributed by atoms with van der Waals surface area (Å²) in [7, 11) is 2.05. The molecule has 2 aromatic heterocycles. The number of ether oxygens (including phenoxy) is 1. The molecule has 2 aromatic rings. The number of aromatic nitrogens is 2. The number of hydrogen-bond acceptors (Lipinski definition) is 5. The third-order valence-electron chi connectivity index (χ3n) is 4.23. The van der Waals surface area contributed by atoms with Gasteiger partial charge in [0.2, 0.25) is 0 Å². The molecule has 0 spiro atoms. The number of halogens is 1. The Kier molecular flexibility index (Phi) is 5.97. The van der Waals surface area contributed by atoms with Gasteiger partial charge in [-0.05, 0) is 34.0 Å². The van der Waals surface area contributed by atoms with Crippen molar-refractivity contribution in [2.45, 2.75) is 32.9 Å². The Bertz CT molecular complexity index is 676. The van der Waals surface area contributed by atoms with Crippen molar-refractivity contribution in [3.63, 3.8) is 0 Å². The molecule has 0 bridgehead atoms. The fourth-order valence-corrected chi connectivity index (χ4v) is 4.59. The predicted molar refractivity (Wildman–Crippen MR) is 103 cm³/mol. The zero-order valence-corrected chi connectivity index (χ0v) is 16.9. The molecule has 1 aliphatic rings. The number of thiophene rings is 1. The summed E-state index contributed by atoms with van der Waals surface area (Å²) in [6.07, 6.45) is 0. The van der Waals surface area contributed by atoms with Crippen molar-refractivity contribution in [2.24, 2.45) is 7.05 Å². The average Bonchev–Trinajstić information content (AvgIpc) is 3.12. The highest BCUT2D eigenvalue weighted by Gasteiger charge is 2.23. The van der Waals surface area contributed by atoms with Gasteiger partial charge in [0.25, 0.3) is 0 Å². The Morgan fingerprint density at radius 3 is 2.67 bits per heavy atom. The second-order valence-corrected chi connectivity index (χ2v) is 8.92. The van der Waals surface area contributed by atoms with Crippen LogP contribution in [0.2, 0.25) is 0 Å². The molecule has 1 aliphatic heterocycles. The number of aryl methyl sites for hydroxylation is 1. The van der Waals surface area contributed by atoms with Gasteiger partial charge in [0, 0.05) is 43.7 Å². The van der Waals surface area contributed by atoms with E-state index in [1.807, 2.05) is 4.68 Å². The molecular formula is C17H25BrN4OS. The standard InChI is InChI=1S/C17H25BrN4OS/c1-12(2)16-14(11-19-10-13-4-5-15(18)24-13)17(21(3)20-16)22-6-8-23-9-7-22/h4-5,12,19H,6-11H2,1-3H3. The number of morpholine rings is 1. The third kappa shape index (κ3) is 4.02. The first-order valence-electron chi connectivity index (χ1n) is 8.39. The maximum absolute atomic E-state index is 5.51. The Hall–Kier alpha value is -0.890. The Morgan fingerprint density at radius 1 is 1.29 bits per heavy atom. The number of nitrogens with one attached hydrogen (secondary N) is 1. The summed E-state index contributed by atoms with van der Waals surface area (Å²) in [5.74, 6) is 1.65. The Morgan fingerprint density at radius 2 is 2.04 bits per heavy atom. The fourth-order valence-electron chi connectivity index (χ4n) is 3.14. The van der Waals surface area contributed by atoms with Gasteiger partial charge >= 0.3 is 0 Å². The van der Waals surface area contributed by atoms with Crippen molar-refractivity contribution in [3.05, 3.63) is 32.1 Å². The van der Waals surface area contributed by atoms with Crippen LogP contribution in [0.4, 0.5) is 5.82 Å². The van der Waals surface area contributed by atoms with E-state index < -0.39 is 0 Å². The van der Waals surface area contributed by atoms with Crippen LogP contribution in [0.1, 0.15) is 35.9 Å². The normalized spacial score (nSPS) is 15.5. The molecule has 0 radical (unpaired) electrons. The number of nitrogens with zero attached hydrogens (tertiary/aromatic N) is 3. The van der Waals surface area contributed by atoms with Gasteiger partial charge in [0.15, 0.2) is 0 Å². The molecule has 0 saturated carbocycles. The van der Waals surface area contributed by atoms with Crippen LogP contribution in [0.5, 0.6) is 0 Å². The second kappa shape index (κ2) is 7.99. The van der Waals surface area contributed by atoms with E-state index in [1.165, 1.54) is 25.7 Å². The van der Waals surface area contributed by atoms with E-state index >= 15 is 0 Å². The maximum Gasteiger partial charge on any atom is 0.131 e. The van der Waals surface area contributed by atoms with Crippen LogP contribution >= 0.6 is 27.3 Å². The van der Waals surface area contributed by atoms with E-state index in [-0.39, 0.29) is 0 Å². The highest BCUT2D eigenvalue weighted by molar-refractivity contribution is 9.11. The lowest BCUT2D eigenvalue weighted by Gasteiger charge is -2.29. The summed E-state index contributed by atoms with van der Waals surface area (Å²) in [4.78, 5) is 3.74. The fraction of sp³-hybridized carbons (Fsp3) is 0.588. The van der Waals surface area contributed by atoms with Gasteiger partial charge in [-0.3, -0.25) is 4.68 Å². The number of rotatable bonds is 6. The van der Waals surface area contributed by atoms with E-state index in [4.69, 9.17) is 9.84 Å². The zero-order chi connectivity index (χ0) is 17.1. The van der Waals surface area contributed by atoms with Crippen LogP contribution in [0.15, 0.2) is 15.9 Å². The van der Waals surface area contributed by atoms with Gasteiger partial charge in [-0.25, -0.2) is 0 Å². The van der Waals surface area contributed by atoms with E-state index in [2.05, 4.69) is 59.2 Å². The predicted octanol–water partition coefficient (Wildman–Crippen LogP) is 3.49. The topological polar surface area (TPSA) is 42.3 Å². The smallest absolute Gasteiger partial charge is 0.131 e. The summed E-state index contributed by atoms with van der Waals surface area (Å²) >= 11 is 5.30. The van der Waals surface area contributed by atoms with Crippen molar-refractivity contribution < 1.29 is 4.74 Å². The van der Waals surface area contributed by atoms with E-state index in [9.17, 15) is 0 Å². The van der Waals surface area contributed by atoms with Crippen molar-refractivity contribution in [1.29, 1.82) is 0 Å². The van der Waals surface area contributed by atoms with E-state index in [1.54, 1.807) is 11.3 Å². The molecule has 7 heteroatoms. The first kappa shape index (κ1) is 17.9. The molecule has 0 amide bonds. The van der Waals surface area contributed by atoms with Crippen molar-refractivity contribution in [1.82, 2.24) is 15.1 Å². The lowest BCUT2D eigenvalue weighted by molar-refractivity contribution is 0.122. The SMILES string of the molecule is CC(C)c1nn(C)c(N2CCOCC2)c1CNCc1ccc(Br)s1. The zero-order valence-electron chi connectivity index (χ0n) is 14.5. The lowest BCUT2D eigenvalue weighted by atomic mass is 10.0. The monoisotopic (exact) mass is 412 g/mol. The second-order valence-electron chi connectivity index (χ2n) is 6.37. The van der Waals surface area contributed by atoms with Crippen LogP contribution in [-0.4, -0.2) is 36.1 Å². The minimum absolute atomic E-state index is 0.415. The van der Waals surface area contributed by atoms with Crippen LogP contribution in [0.3, 0.4) is 0 Å².